The molecule has 0 bridgehead atoms. The average Bonchev–Trinajstić information content (AvgIpc) is 2.79. The Kier molecular flexibility index (Phi) is 4.51. The first-order chi connectivity index (χ1) is 8.31. The monoisotopic (exact) mass is 234 g/mol. The van der Waals surface area contributed by atoms with Crippen LogP contribution in [0.25, 0.3) is 0 Å². The van der Waals surface area contributed by atoms with Gasteiger partial charge in [-0.25, -0.2) is 0 Å². The number of hydrogen-bond acceptors (Lipinski definition) is 3. The average molecular weight is 234 g/mol. The molecule has 0 aliphatic carbocycles. The molecule has 1 aromatic heterocycles. The molecule has 3 nitrogen and oxygen atoms in total. The highest BCUT2D eigenvalue weighted by Crippen LogP contribution is 2.33. The van der Waals surface area contributed by atoms with E-state index in [1.165, 1.54) is 12.0 Å². The van der Waals surface area contributed by atoms with Crippen LogP contribution >= 0.6 is 0 Å². The predicted octanol–water partition coefficient (Wildman–Crippen LogP) is 2.47. The lowest BCUT2D eigenvalue weighted by Gasteiger charge is -2.19. The number of hydrogen-bond donors (Lipinski definition) is 1. The predicted molar refractivity (Wildman–Crippen MR) is 68.9 cm³/mol. The number of rotatable bonds is 5. The Bertz CT molecular complexity index is 337. The van der Waals surface area contributed by atoms with Crippen molar-refractivity contribution in [3.63, 3.8) is 0 Å². The molecule has 1 aromatic rings. The minimum atomic E-state index is 0.229. The molecule has 3 heteroatoms. The molecule has 0 amide bonds. The third-order valence-electron chi connectivity index (χ3n) is 3.31. The first-order valence-electron chi connectivity index (χ1n) is 6.56. The second-order valence-corrected chi connectivity index (χ2v) is 4.78. The molecule has 2 rings (SSSR count). The van der Waals surface area contributed by atoms with Gasteiger partial charge in [-0.1, -0.05) is 13.0 Å². The van der Waals surface area contributed by atoms with Crippen LogP contribution in [-0.2, 0) is 4.74 Å². The van der Waals surface area contributed by atoms with Gasteiger partial charge in [-0.15, -0.1) is 0 Å². The standard InChI is InChI=1S/C14H22N2O/c1-3-7-15-9-13-6-8-17-14(13)12-5-4-11(2)16-10-12/h4-5,10,13-15H,3,6-9H2,1-2H3. The van der Waals surface area contributed by atoms with Crippen LogP contribution in [0.1, 0.15) is 37.1 Å². The summed E-state index contributed by atoms with van der Waals surface area (Å²) in [7, 11) is 0. The first-order valence-corrected chi connectivity index (χ1v) is 6.56. The van der Waals surface area contributed by atoms with Gasteiger partial charge < -0.3 is 10.1 Å². The molecule has 2 atom stereocenters. The third-order valence-corrected chi connectivity index (χ3v) is 3.31. The smallest absolute Gasteiger partial charge is 0.0880 e. The quantitative estimate of drug-likeness (QED) is 0.795. The third kappa shape index (κ3) is 3.27. The second kappa shape index (κ2) is 6.12. The van der Waals surface area contributed by atoms with Crippen molar-refractivity contribution in [2.45, 2.75) is 32.8 Å². The Morgan fingerprint density at radius 3 is 3.06 bits per heavy atom. The maximum atomic E-state index is 5.84. The van der Waals surface area contributed by atoms with Gasteiger partial charge in [0.1, 0.15) is 0 Å². The van der Waals surface area contributed by atoms with Crippen molar-refractivity contribution in [2.75, 3.05) is 19.7 Å². The van der Waals surface area contributed by atoms with Crippen LogP contribution in [0.15, 0.2) is 18.3 Å². The number of nitrogens with one attached hydrogen (secondary N) is 1. The summed E-state index contributed by atoms with van der Waals surface area (Å²) in [6, 6.07) is 4.21. The van der Waals surface area contributed by atoms with Gasteiger partial charge >= 0.3 is 0 Å². The minimum absolute atomic E-state index is 0.229. The van der Waals surface area contributed by atoms with Gasteiger partial charge in [0.2, 0.25) is 0 Å². The zero-order valence-corrected chi connectivity index (χ0v) is 10.8. The van der Waals surface area contributed by atoms with Crippen LogP contribution in [-0.4, -0.2) is 24.7 Å². The molecular formula is C14H22N2O. The van der Waals surface area contributed by atoms with Crippen molar-refractivity contribution in [1.82, 2.24) is 10.3 Å². The summed E-state index contributed by atoms with van der Waals surface area (Å²) < 4.78 is 5.84. The zero-order chi connectivity index (χ0) is 12.1. The van der Waals surface area contributed by atoms with Gasteiger partial charge in [0.15, 0.2) is 0 Å². The van der Waals surface area contributed by atoms with Gasteiger partial charge in [-0.2, -0.15) is 0 Å². The number of aryl methyl sites for hydroxylation is 1. The lowest BCUT2D eigenvalue weighted by atomic mass is 9.96. The van der Waals surface area contributed by atoms with Gasteiger partial charge in [0.25, 0.3) is 0 Å². The van der Waals surface area contributed by atoms with Crippen molar-refractivity contribution in [1.29, 1.82) is 0 Å². The molecule has 2 heterocycles. The van der Waals surface area contributed by atoms with Crippen molar-refractivity contribution >= 4 is 0 Å². The molecule has 1 fully saturated rings. The molecule has 2 unspecified atom stereocenters. The van der Waals surface area contributed by atoms with Gasteiger partial charge in [-0.05, 0) is 37.9 Å². The highest BCUT2D eigenvalue weighted by atomic mass is 16.5. The fraction of sp³-hybridized carbons (Fsp3) is 0.643. The van der Waals surface area contributed by atoms with Crippen molar-refractivity contribution in [3.05, 3.63) is 29.6 Å². The van der Waals surface area contributed by atoms with Crippen molar-refractivity contribution < 1.29 is 4.74 Å². The fourth-order valence-corrected chi connectivity index (χ4v) is 2.32. The van der Waals surface area contributed by atoms with Gasteiger partial charge in [0, 0.05) is 31.0 Å². The maximum absolute atomic E-state index is 5.84. The van der Waals surface area contributed by atoms with E-state index in [1.807, 2.05) is 13.1 Å². The Hall–Kier alpha value is -0.930. The summed E-state index contributed by atoms with van der Waals surface area (Å²) in [5, 5.41) is 3.49. The summed E-state index contributed by atoms with van der Waals surface area (Å²) >= 11 is 0. The molecule has 0 aromatic carbocycles. The molecule has 94 valence electrons. The molecule has 1 saturated heterocycles. The summed E-state index contributed by atoms with van der Waals surface area (Å²) in [4.78, 5) is 4.35. The Balaban J connectivity index is 1.96. The SMILES string of the molecule is CCCNCC1CCOC1c1ccc(C)nc1. The maximum Gasteiger partial charge on any atom is 0.0880 e. The highest BCUT2D eigenvalue weighted by molar-refractivity contribution is 5.17. The van der Waals surface area contributed by atoms with Crippen LogP contribution in [0.3, 0.4) is 0 Å². The first kappa shape index (κ1) is 12.5. The topological polar surface area (TPSA) is 34.1 Å². The zero-order valence-electron chi connectivity index (χ0n) is 10.8. The van der Waals surface area contributed by atoms with Crippen LogP contribution in [0, 0.1) is 12.8 Å². The second-order valence-electron chi connectivity index (χ2n) is 4.78. The van der Waals surface area contributed by atoms with Gasteiger partial charge in [0.05, 0.1) is 6.10 Å². The molecule has 0 spiro atoms. The van der Waals surface area contributed by atoms with Crippen LogP contribution in [0.4, 0.5) is 0 Å². The highest BCUT2D eigenvalue weighted by Gasteiger charge is 2.29. The van der Waals surface area contributed by atoms with E-state index in [1.54, 1.807) is 0 Å². The van der Waals surface area contributed by atoms with E-state index < -0.39 is 0 Å². The largest absolute Gasteiger partial charge is 0.373 e. The van der Waals surface area contributed by atoms with Crippen molar-refractivity contribution in [2.24, 2.45) is 5.92 Å². The fourth-order valence-electron chi connectivity index (χ4n) is 2.32. The van der Waals surface area contributed by atoms with E-state index in [-0.39, 0.29) is 6.10 Å². The lowest BCUT2D eigenvalue weighted by molar-refractivity contribution is 0.0903. The minimum Gasteiger partial charge on any atom is -0.373 e. The summed E-state index contributed by atoms with van der Waals surface area (Å²) in [5.74, 6) is 0.589. The van der Waals surface area contributed by atoms with E-state index in [0.717, 1.165) is 31.8 Å². The van der Waals surface area contributed by atoms with Crippen molar-refractivity contribution in [3.8, 4) is 0 Å². The molecule has 1 aliphatic rings. The number of nitrogens with zero attached hydrogens (tertiary/aromatic N) is 1. The van der Waals surface area contributed by atoms with E-state index >= 15 is 0 Å². The van der Waals surface area contributed by atoms with Gasteiger partial charge in [-0.3, -0.25) is 4.98 Å². The number of aromatic nitrogens is 1. The molecule has 1 N–H and O–H groups in total. The van der Waals surface area contributed by atoms with Crippen LogP contribution in [0.5, 0.6) is 0 Å². The van der Waals surface area contributed by atoms with E-state index in [2.05, 4.69) is 29.4 Å². The van der Waals surface area contributed by atoms with E-state index in [9.17, 15) is 0 Å². The van der Waals surface area contributed by atoms with Crippen LogP contribution < -0.4 is 5.32 Å². The Labute approximate surface area is 104 Å². The normalized spacial score (nSPS) is 24.1. The Morgan fingerprint density at radius 1 is 1.47 bits per heavy atom. The van der Waals surface area contributed by atoms with Crippen LogP contribution in [0.2, 0.25) is 0 Å². The molecule has 0 saturated carbocycles. The number of ether oxygens (including phenoxy) is 1. The summed E-state index contributed by atoms with van der Waals surface area (Å²) in [5.41, 5.74) is 2.28. The summed E-state index contributed by atoms with van der Waals surface area (Å²) in [6.07, 6.45) is 4.52. The number of pyridine rings is 1. The Morgan fingerprint density at radius 2 is 2.35 bits per heavy atom. The molecular weight excluding hydrogens is 212 g/mol. The summed E-state index contributed by atoms with van der Waals surface area (Å²) in [6.45, 7) is 7.22. The van der Waals surface area contributed by atoms with E-state index in [4.69, 9.17) is 4.74 Å². The molecule has 0 radical (unpaired) electrons. The molecule has 17 heavy (non-hydrogen) atoms. The lowest BCUT2D eigenvalue weighted by Crippen LogP contribution is -2.25. The van der Waals surface area contributed by atoms with E-state index in [0.29, 0.717) is 5.92 Å². The molecule has 1 aliphatic heterocycles.